The normalized spacial score (nSPS) is 11.3. The molecule has 218 valence electrons. The Bertz CT molecular complexity index is 2340. The van der Waals surface area contributed by atoms with Gasteiger partial charge in [0.2, 0.25) is 0 Å². The molecule has 46 heavy (non-hydrogen) atoms. The van der Waals surface area contributed by atoms with Gasteiger partial charge < -0.3 is 0 Å². The quantitative estimate of drug-likeness (QED) is 0.200. The Morgan fingerprint density at radius 3 is 1.59 bits per heavy atom. The molecule has 2 heteroatoms. The number of aryl methyl sites for hydroxylation is 2. The molecule has 6 aromatic carbocycles. The summed E-state index contributed by atoms with van der Waals surface area (Å²) in [5.74, 6) is 0. The van der Waals surface area contributed by atoms with Crippen LogP contribution in [0.3, 0.4) is 0 Å². The van der Waals surface area contributed by atoms with Crippen LogP contribution in [0.1, 0.15) is 11.1 Å². The first-order valence-corrected chi connectivity index (χ1v) is 15.7. The van der Waals surface area contributed by atoms with Crippen LogP contribution in [-0.4, -0.2) is 9.97 Å². The van der Waals surface area contributed by atoms with E-state index in [1.165, 1.54) is 44.2 Å². The minimum absolute atomic E-state index is 0.978. The molecule has 0 aliphatic rings. The van der Waals surface area contributed by atoms with E-state index in [0.717, 1.165) is 44.7 Å². The van der Waals surface area contributed by atoms with Gasteiger partial charge in [-0.1, -0.05) is 127 Å². The first kappa shape index (κ1) is 27.7. The molecule has 2 nitrogen and oxygen atoms in total. The number of aromatic nitrogens is 2. The van der Waals surface area contributed by atoms with Gasteiger partial charge in [0.15, 0.2) is 0 Å². The number of hydrogen-bond acceptors (Lipinski definition) is 2. The van der Waals surface area contributed by atoms with Crippen LogP contribution in [-0.2, 0) is 0 Å². The minimum Gasteiger partial charge on any atom is -0.248 e. The first-order valence-electron chi connectivity index (χ1n) is 15.7. The second kappa shape index (κ2) is 11.6. The second-order valence-corrected chi connectivity index (χ2v) is 12.0. The highest BCUT2D eigenvalue weighted by Gasteiger charge is 2.15. The molecule has 2 heterocycles. The third kappa shape index (κ3) is 5.14. The average molecular weight is 589 g/mol. The van der Waals surface area contributed by atoms with E-state index in [1.807, 2.05) is 12.1 Å². The van der Waals surface area contributed by atoms with Crippen molar-refractivity contribution in [3.63, 3.8) is 0 Å². The second-order valence-electron chi connectivity index (χ2n) is 12.0. The third-order valence-electron chi connectivity index (χ3n) is 8.83. The van der Waals surface area contributed by atoms with Crippen LogP contribution in [0, 0.1) is 13.8 Å². The number of hydrogen-bond donors (Lipinski definition) is 0. The van der Waals surface area contributed by atoms with Gasteiger partial charge in [0.05, 0.1) is 22.6 Å². The Labute approximate surface area is 269 Å². The van der Waals surface area contributed by atoms with Gasteiger partial charge in [-0.15, -0.1) is 0 Å². The lowest BCUT2D eigenvalue weighted by molar-refractivity contribution is 1.34. The van der Waals surface area contributed by atoms with Crippen molar-refractivity contribution in [3.8, 4) is 56.0 Å². The molecule has 2 aromatic heterocycles. The zero-order chi connectivity index (χ0) is 31.0. The predicted molar refractivity (Wildman–Crippen MR) is 194 cm³/mol. The van der Waals surface area contributed by atoms with Gasteiger partial charge in [-0.05, 0) is 83.4 Å². The molecule has 0 spiro atoms. The summed E-state index contributed by atoms with van der Waals surface area (Å²) < 4.78 is 0. The lowest BCUT2D eigenvalue weighted by Gasteiger charge is -2.15. The molecule has 0 saturated carbocycles. The molecule has 0 aliphatic heterocycles. The summed E-state index contributed by atoms with van der Waals surface area (Å²) in [6, 6.07) is 56.0. The maximum atomic E-state index is 5.18. The van der Waals surface area contributed by atoms with Crippen molar-refractivity contribution in [2.45, 2.75) is 13.8 Å². The lowest BCUT2D eigenvalue weighted by atomic mass is 9.92. The molecule has 0 unspecified atom stereocenters. The Hall–Kier alpha value is -5.86. The number of benzene rings is 6. The first-order chi connectivity index (χ1) is 22.6. The molecule has 0 amide bonds. The number of nitrogens with zero attached hydrogens (tertiary/aromatic N) is 2. The van der Waals surface area contributed by atoms with E-state index in [4.69, 9.17) is 9.97 Å². The topological polar surface area (TPSA) is 25.8 Å². The van der Waals surface area contributed by atoms with Crippen molar-refractivity contribution in [2.24, 2.45) is 0 Å². The zero-order valence-corrected chi connectivity index (χ0v) is 25.9. The Balaban J connectivity index is 1.26. The van der Waals surface area contributed by atoms with Crippen molar-refractivity contribution in [3.05, 3.63) is 169 Å². The summed E-state index contributed by atoms with van der Waals surface area (Å²) in [6.45, 7) is 4.34. The third-order valence-corrected chi connectivity index (χ3v) is 8.83. The summed E-state index contributed by atoms with van der Waals surface area (Å²) in [4.78, 5) is 10.2. The van der Waals surface area contributed by atoms with E-state index in [2.05, 4.69) is 159 Å². The molecule has 0 atom stereocenters. The smallest absolute Gasteiger partial charge is 0.0787 e. The molecule has 0 fully saturated rings. The van der Waals surface area contributed by atoms with Crippen LogP contribution in [0.4, 0.5) is 0 Å². The van der Waals surface area contributed by atoms with Gasteiger partial charge in [-0.25, -0.2) is 9.97 Å². The van der Waals surface area contributed by atoms with Crippen LogP contribution in [0.15, 0.2) is 158 Å². The summed E-state index contributed by atoms with van der Waals surface area (Å²) in [7, 11) is 0. The van der Waals surface area contributed by atoms with Gasteiger partial charge >= 0.3 is 0 Å². The summed E-state index contributed by atoms with van der Waals surface area (Å²) in [5, 5.41) is 3.51. The molecule has 8 rings (SSSR count). The molecule has 0 saturated heterocycles. The van der Waals surface area contributed by atoms with Crippen molar-refractivity contribution in [1.82, 2.24) is 9.97 Å². The standard InChI is InChI=1S/C44H32N2/c1-29-18-23-41-40(24-29)38(28-43(45-41)34-14-8-4-9-15-34)32-21-19-31(20-22-32)37-26-36-27-42(33-12-6-3-7-13-33)46-44(39(36)25-30(37)2)35-16-10-5-11-17-35/h3-28H,1-2H3. The van der Waals surface area contributed by atoms with Crippen molar-refractivity contribution >= 4 is 21.7 Å². The van der Waals surface area contributed by atoms with Gasteiger partial charge in [0, 0.05) is 27.5 Å². The molecular formula is C44H32N2. The van der Waals surface area contributed by atoms with E-state index in [0.29, 0.717) is 0 Å². The van der Waals surface area contributed by atoms with Crippen LogP contribution >= 0.6 is 0 Å². The fourth-order valence-electron chi connectivity index (χ4n) is 6.46. The Morgan fingerprint density at radius 1 is 0.391 bits per heavy atom. The molecule has 0 N–H and O–H groups in total. The summed E-state index contributed by atoms with van der Waals surface area (Å²) in [6.07, 6.45) is 0. The largest absolute Gasteiger partial charge is 0.248 e. The van der Waals surface area contributed by atoms with Gasteiger partial charge in [-0.2, -0.15) is 0 Å². The number of rotatable bonds is 5. The van der Waals surface area contributed by atoms with E-state index in [1.54, 1.807) is 0 Å². The zero-order valence-electron chi connectivity index (χ0n) is 25.9. The highest BCUT2D eigenvalue weighted by Crippen LogP contribution is 2.38. The molecular weight excluding hydrogens is 556 g/mol. The fourth-order valence-corrected chi connectivity index (χ4v) is 6.46. The number of pyridine rings is 2. The van der Waals surface area contributed by atoms with Crippen molar-refractivity contribution in [2.75, 3.05) is 0 Å². The Kier molecular flexibility index (Phi) is 6.96. The minimum atomic E-state index is 0.978. The molecule has 0 aliphatic carbocycles. The van der Waals surface area contributed by atoms with Crippen LogP contribution in [0.5, 0.6) is 0 Å². The average Bonchev–Trinajstić information content (AvgIpc) is 3.12. The SMILES string of the molecule is Cc1ccc2nc(-c3ccccc3)cc(-c3ccc(-c4cc5cc(-c6ccccc6)nc(-c6ccccc6)c5cc4C)cc3)c2c1. The van der Waals surface area contributed by atoms with Gasteiger partial charge in [-0.3, -0.25) is 0 Å². The summed E-state index contributed by atoms with van der Waals surface area (Å²) >= 11 is 0. The van der Waals surface area contributed by atoms with Crippen LogP contribution in [0.25, 0.3) is 77.7 Å². The van der Waals surface area contributed by atoms with E-state index in [-0.39, 0.29) is 0 Å². The van der Waals surface area contributed by atoms with E-state index in [9.17, 15) is 0 Å². The lowest BCUT2D eigenvalue weighted by Crippen LogP contribution is -1.93. The van der Waals surface area contributed by atoms with Crippen molar-refractivity contribution in [1.29, 1.82) is 0 Å². The Morgan fingerprint density at radius 2 is 0.957 bits per heavy atom. The highest BCUT2D eigenvalue weighted by molar-refractivity contribution is 6.01. The fraction of sp³-hybridized carbons (Fsp3) is 0.0455. The van der Waals surface area contributed by atoms with Crippen LogP contribution in [0.2, 0.25) is 0 Å². The molecule has 0 radical (unpaired) electrons. The van der Waals surface area contributed by atoms with Gasteiger partial charge in [0.25, 0.3) is 0 Å². The van der Waals surface area contributed by atoms with Crippen LogP contribution < -0.4 is 0 Å². The van der Waals surface area contributed by atoms with Gasteiger partial charge in [0.1, 0.15) is 0 Å². The highest BCUT2D eigenvalue weighted by atomic mass is 14.7. The monoisotopic (exact) mass is 588 g/mol. The van der Waals surface area contributed by atoms with E-state index >= 15 is 0 Å². The maximum absolute atomic E-state index is 5.18. The van der Waals surface area contributed by atoms with E-state index < -0.39 is 0 Å². The number of fused-ring (bicyclic) bond motifs is 2. The molecule has 8 aromatic rings. The summed E-state index contributed by atoms with van der Waals surface area (Å²) in [5.41, 5.74) is 14.6. The van der Waals surface area contributed by atoms with Crippen molar-refractivity contribution < 1.29 is 0 Å². The predicted octanol–water partition coefficient (Wildman–Crippen LogP) is 11.7. The molecule has 0 bridgehead atoms. The maximum Gasteiger partial charge on any atom is 0.0787 e.